The van der Waals surface area contributed by atoms with Gasteiger partial charge >= 0.3 is 6.18 Å². The van der Waals surface area contributed by atoms with Gasteiger partial charge in [0.05, 0.1) is 29.2 Å². The molecular weight excluding hydrogens is 595 g/mol. The average Bonchev–Trinajstić information content (AvgIpc) is 2.99. The minimum absolute atomic E-state index is 0.0984. The number of dihydropyridines is 1. The quantitative estimate of drug-likeness (QED) is 0.217. The second kappa shape index (κ2) is 15.1. The van der Waals surface area contributed by atoms with E-state index < -0.39 is 58.2 Å². The molecule has 0 bridgehead atoms. The number of nitrogens with one attached hydrogen (secondary N) is 3. The molecule has 1 heterocycles. The number of aliphatic imine (C=N–C) groups is 1. The molecule has 45 heavy (non-hydrogen) atoms. The predicted octanol–water partition coefficient (Wildman–Crippen LogP) is 5.08. The number of aliphatic hydroxyl groups excluding tert-OH is 1. The Morgan fingerprint density at radius 3 is 2.22 bits per heavy atom. The lowest BCUT2D eigenvalue weighted by molar-refractivity contribution is -0.137. The molecule has 0 saturated carbocycles. The Morgan fingerprint density at radius 1 is 0.978 bits per heavy atom. The van der Waals surface area contributed by atoms with Gasteiger partial charge in [-0.2, -0.15) is 13.2 Å². The molecule has 1 aliphatic rings. The summed E-state index contributed by atoms with van der Waals surface area (Å²) < 4.78 is 68.8. The summed E-state index contributed by atoms with van der Waals surface area (Å²) in [6.45, 7) is 7.31. The summed E-state index contributed by atoms with van der Waals surface area (Å²) in [5.74, 6) is -3.76. The van der Waals surface area contributed by atoms with E-state index in [2.05, 4.69) is 20.9 Å². The summed E-state index contributed by atoms with van der Waals surface area (Å²) in [7, 11) is 0. The lowest BCUT2D eigenvalue weighted by atomic mass is 9.67. The molecule has 4 N–H and O–H groups in total. The Labute approximate surface area is 260 Å². The van der Waals surface area contributed by atoms with Crippen molar-refractivity contribution in [3.05, 3.63) is 82.4 Å². The zero-order valence-corrected chi connectivity index (χ0v) is 25.9. The number of rotatable bonds is 14. The maximum Gasteiger partial charge on any atom is 0.416 e. The van der Waals surface area contributed by atoms with Crippen LogP contribution in [0.2, 0.25) is 0 Å². The molecule has 1 unspecified atom stereocenters. The number of amides is 2. The first-order valence-corrected chi connectivity index (χ1v) is 15.0. The molecule has 2 aromatic carbocycles. The zero-order chi connectivity index (χ0) is 33.4. The van der Waals surface area contributed by atoms with Gasteiger partial charge in [-0.15, -0.1) is 0 Å². The lowest BCUT2D eigenvalue weighted by Crippen LogP contribution is -2.55. The van der Waals surface area contributed by atoms with Gasteiger partial charge in [0.15, 0.2) is 0 Å². The van der Waals surface area contributed by atoms with Gasteiger partial charge in [-0.25, -0.2) is 8.78 Å². The van der Waals surface area contributed by atoms with Crippen molar-refractivity contribution in [3.63, 3.8) is 0 Å². The number of carbonyl (C=O) groups excluding carboxylic acids is 2. The normalized spacial score (nSPS) is 18.2. The molecule has 0 aliphatic carbocycles. The van der Waals surface area contributed by atoms with Crippen molar-refractivity contribution in [3.8, 4) is 0 Å². The molecule has 0 saturated heterocycles. The Balaban J connectivity index is 2.06. The summed E-state index contributed by atoms with van der Waals surface area (Å²) in [4.78, 5) is 31.3. The van der Waals surface area contributed by atoms with Gasteiger partial charge in [0.2, 0.25) is 5.91 Å². The number of halogens is 5. The van der Waals surface area contributed by atoms with Crippen molar-refractivity contribution in [2.75, 3.05) is 26.2 Å². The molecule has 0 fully saturated rings. The number of hydrogen-bond acceptors (Lipinski definition) is 5. The molecule has 2 aromatic rings. The van der Waals surface area contributed by atoms with Gasteiger partial charge in [-0.1, -0.05) is 32.1 Å². The molecule has 3 atom stereocenters. The smallest absolute Gasteiger partial charge is 0.391 e. The van der Waals surface area contributed by atoms with Crippen molar-refractivity contribution in [2.45, 2.75) is 64.8 Å². The SMILES string of the molecule is CCCNC(=O)C1=CC(C(=O)NCCC)([C@H](Cc2cc(F)cc(F)c2)[C@@H](O)CNC(C)(C)c2cccc(C(F)(F)F)c2)CN=C1. The highest BCUT2D eigenvalue weighted by Crippen LogP contribution is 2.39. The third-order valence-corrected chi connectivity index (χ3v) is 7.92. The van der Waals surface area contributed by atoms with E-state index in [9.17, 15) is 36.6 Å². The van der Waals surface area contributed by atoms with Crippen LogP contribution in [0, 0.1) is 23.0 Å². The largest absolute Gasteiger partial charge is 0.416 e. The van der Waals surface area contributed by atoms with Crippen molar-refractivity contribution >= 4 is 18.0 Å². The van der Waals surface area contributed by atoms with E-state index in [-0.39, 0.29) is 37.2 Å². The number of alkyl halides is 3. The van der Waals surface area contributed by atoms with Crippen LogP contribution >= 0.6 is 0 Å². The molecule has 1 aliphatic heterocycles. The van der Waals surface area contributed by atoms with Crippen LogP contribution in [-0.2, 0) is 27.7 Å². The second-order valence-corrected chi connectivity index (χ2v) is 11.9. The summed E-state index contributed by atoms with van der Waals surface area (Å²) >= 11 is 0. The molecule has 2 amide bonds. The molecule has 0 aromatic heterocycles. The van der Waals surface area contributed by atoms with Crippen molar-refractivity contribution in [2.24, 2.45) is 16.3 Å². The molecule has 7 nitrogen and oxygen atoms in total. The van der Waals surface area contributed by atoms with Gasteiger partial charge in [0, 0.05) is 43.4 Å². The molecule has 0 radical (unpaired) electrons. The fraction of sp³-hybridized carbons (Fsp3) is 0.485. The fourth-order valence-corrected chi connectivity index (χ4v) is 5.39. The Bertz CT molecular complexity index is 1390. The van der Waals surface area contributed by atoms with E-state index in [4.69, 9.17) is 0 Å². The third-order valence-electron chi connectivity index (χ3n) is 7.92. The molecule has 12 heteroatoms. The highest BCUT2D eigenvalue weighted by molar-refractivity contribution is 6.13. The number of carbonyl (C=O) groups is 2. The summed E-state index contributed by atoms with van der Waals surface area (Å²) in [6.07, 6.45) is -2.07. The Kier molecular flexibility index (Phi) is 12.0. The van der Waals surface area contributed by atoms with Crippen LogP contribution in [0.5, 0.6) is 0 Å². The first kappa shape index (κ1) is 35.8. The van der Waals surface area contributed by atoms with Gasteiger partial charge in [-0.05, 0) is 68.5 Å². The summed E-state index contributed by atoms with van der Waals surface area (Å²) in [5, 5.41) is 20.5. The highest BCUT2D eigenvalue weighted by Gasteiger charge is 2.49. The maximum atomic E-state index is 14.3. The first-order valence-electron chi connectivity index (χ1n) is 15.0. The summed E-state index contributed by atoms with van der Waals surface area (Å²) in [5.41, 5.74) is -2.95. The van der Waals surface area contributed by atoms with Crippen LogP contribution in [0.3, 0.4) is 0 Å². The molecular formula is C33H41F5N4O3. The number of hydrogen-bond donors (Lipinski definition) is 4. The minimum atomic E-state index is -4.55. The van der Waals surface area contributed by atoms with E-state index in [1.165, 1.54) is 24.4 Å². The monoisotopic (exact) mass is 636 g/mol. The van der Waals surface area contributed by atoms with Crippen LogP contribution in [0.1, 0.15) is 57.2 Å². The molecule has 0 spiro atoms. The van der Waals surface area contributed by atoms with Crippen molar-refractivity contribution in [1.82, 2.24) is 16.0 Å². The zero-order valence-electron chi connectivity index (χ0n) is 25.9. The van der Waals surface area contributed by atoms with Crippen LogP contribution in [0.4, 0.5) is 22.0 Å². The van der Waals surface area contributed by atoms with Crippen LogP contribution in [0.25, 0.3) is 0 Å². The highest BCUT2D eigenvalue weighted by atomic mass is 19.4. The lowest BCUT2D eigenvalue weighted by Gasteiger charge is -2.41. The van der Waals surface area contributed by atoms with E-state index in [1.54, 1.807) is 13.8 Å². The van der Waals surface area contributed by atoms with Gasteiger partial charge in [0.25, 0.3) is 5.91 Å². The van der Waals surface area contributed by atoms with E-state index in [0.29, 0.717) is 31.0 Å². The van der Waals surface area contributed by atoms with E-state index in [0.717, 1.165) is 24.3 Å². The van der Waals surface area contributed by atoms with Crippen molar-refractivity contribution in [1.29, 1.82) is 0 Å². The number of benzene rings is 2. The Hall–Kier alpha value is -3.64. The maximum absolute atomic E-state index is 14.3. The van der Waals surface area contributed by atoms with Gasteiger partial charge in [0.1, 0.15) is 11.6 Å². The second-order valence-electron chi connectivity index (χ2n) is 11.9. The van der Waals surface area contributed by atoms with E-state index >= 15 is 0 Å². The topological polar surface area (TPSA) is 103 Å². The molecule has 246 valence electrons. The van der Waals surface area contributed by atoms with Crippen LogP contribution in [0.15, 0.2) is 59.1 Å². The standard InChI is InChI=1S/C33H41F5N4O3/c1-5-10-40-29(44)22-17-32(20-39-18-22,30(45)41-11-6-2)27(14-21-12-25(34)16-26(35)13-21)28(43)19-42-31(3,4)23-8-7-9-24(15-23)33(36,37)38/h7-9,12-13,15-18,27-28,42-43H,5-6,10-11,14,19-20H2,1-4H3,(H,40,44)(H,41,45)/t27-,28+,32?/m1/s1. The van der Waals surface area contributed by atoms with Gasteiger partial charge in [-0.3, -0.25) is 14.6 Å². The number of aliphatic hydroxyl groups is 1. The predicted molar refractivity (Wildman–Crippen MR) is 163 cm³/mol. The number of nitrogens with zero attached hydrogens (tertiary/aromatic N) is 1. The third kappa shape index (κ3) is 9.20. The van der Waals surface area contributed by atoms with Gasteiger partial charge < -0.3 is 21.1 Å². The van der Waals surface area contributed by atoms with E-state index in [1.807, 2.05) is 13.8 Å². The minimum Gasteiger partial charge on any atom is -0.391 e. The first-order chi connectivity index (χ1) is 21.1. The van der Waals surface area contributed by atoms with Crippen LogP contribution < -0.4 is 16.0 Å². The fourth-order valence-electron chi connectivity index (χ4n) is 5.39. The van der Waals surface area contributed by atoms with Crippen molar-refractivity contribution < 1.29 is 36.6 Å². The Morgan fingerprint density at radius 2 is 1.60 bits per heavy atom. The molecule has 3 rings (SSSR count). The summed E-state index contributed by atoms with van der Waals surface area (Å²) in [6, 6.07) is 7.72. The average molecular weight is 637 g/mol. The van der Waals surface area contributed by atoms with Crippen LogP contribution in [-0.4, -0.2) is 55.4 Å².